The molecule has 0 fully saturated rings. The number of hydrogen-bond acceptors (Lipinski definition) is 4. The van der Waals surface area contributed by atoms with E-state index in [0.717, 1.165) is 28.3 Å². The molecule has 0 radical (unpaired) electrons. The van der Waals surface area contributed by atoms with Gasteiger partial charge in [-0.15, -0.1) is 11.3 Å². The van der Waals surface area contributed by atoms with Gasteiger partial charge in [0.05, 0.1) is 11.4 Å². The smallest absolute Gasteiger partial charge is 0.142 e. The maximum atomic E-state index is 4.89. The first-order valence-electron chi connectivity index (χ1n) is 7.10. The van der Waals surface area contributed by atoms with Gasteiger partial charge in [-0.05, 0) is 53.9 Å². The molecule has 20 heavy (non-hydrogen) atoms. The van der Waals surface area contributed by atoms with Crippen LogP contribution in [0.5, 0.6) is 0 Å². The second-order valence-electron chi connectivity index (χ2n) is 5.09. The predicted octanol–water partition coefficient (Wildman–Crippen LogP) is 4.00. The fraction of sp³-hybridized carbons (Fsp3) is 0.467. The van der Waals surface area contributed by atoms with E-state index in [1.165, 1.54) is 29.8 Å². The third-order valence-corrected chi connectivity index (χ3v) is 5.28. The fourth-order valence-electron chi connectivity index (χ4n) is 2.64. The lowest BCUT2D eigenvalue weighted by molar-refractivity contribution is 0.509. The number of halogens is 1. The molecule has 3 nitrogen and oxygen atoms in total. The Bertz CT molecular complexity index is 579. The topological polar surface area (TPSA) is 37.8 Å². The van der Waals surface area contributed by atoms with E-state index in [1.54, 1.807) is 0 Å². The van der Waals surface area contributed by atoms with Gasteiger partial charge in [-0.1, -0.05) is 6.92 Å². The lowest BCUT2D eigenvalue weighted by Crippen LogP contribution is -2.23. The van der Waals surface area contributed by atoms with Crippen LogP contribution in [0.3, 0.4) is 0 Å². The Kier molecular flexibility index (Phi) is 4.48. The van der Waals surface area contributed by atoms with Crippen LogP contribution in [-0.4, -0.2) is 23.1 Å². The first-order valence-corrected chi connectivity index (χ1v) is 8.71. The van der Waals surface area contributed by atoms with Crippen LogP contribution < -0.4 is 5.32 Å². The second kappa shape index (κ2) is 6.33. The molecule has 1 N–H and O–H groups in total. The third kappa shape index (κ3) is 2.95. The number of likely N-dealkylation sites (N-methyl/N-ethyl adjacent to an activating group) is 1. The first kappa shape index (κ1) is 14.2. The summed E-state index contributed by atoms with van der Waals surface area (Å²) < 4.78 is 1.01. The highest BCUT2D eigenvalue weighted by Gasteiger charge is 2.24. The maximum absolute atomic E-state index is 4.89. The molecule has 2 heterocycles. The zero-order chi connectivity index (χ0) is 13.9. The van der Waals surface area contributed by atoms with Crippen molar-refractivity contribution < 1.29 is 0 Å². The van der Waals surface area contributed by atoms with Crippen molar-refractivity contribution in [3.63, 3.8) is 0 Å². The van der Waals surface area contributed by atoms with Gasteiger partial charge in [0.2, 0.25) is 0 Å². The van der Waals surface area contributed by atoms with Crippen LogP contribution in [0.4, 0.5) is 0 Å². The van der Waals surface area contributed by atoms with Crippen LogP contribution in [0.15, 0.2) is 22.8 Å². The van der Waals surface area contributed by atoms with Gasteiger partial charge in [0.25, 0.3) is 0 Å². The van der Waals surface area contributed by atoms with Gasteiger partial charge in [0.1, 0.15) is 5.01 Å². The number of nitrogens with zero attached hydrogens (tertiary/aromatic N) is 2. The number of pyridine rings is 1. The molecule has 5 heteroatoms. The number of aromatic nitrogens is 2. The molecule has 0 saturated heterocycles. The molecule has 1 atom stereocenters. The molecule has 2 aromatic rings. The molecule has 1 aliphatic carbocycles. The molecule has 1 aliphatic rings. The van der Waals surface area contributed by atoms with Crippen molar-refractivity contribution in [2.24, 2.45) is 0 Å². The van der Waals surface area contributed by atoms with Crippen molar-refractivity contribution in [1.29, 1.82) is 0 Å². The number of fused-ring (bicyclic) bond motifs is 1. The van der Waals surface area contributed by atoms with Crippen molar-refractivity contribution in [2.45, 2.75) is 32.1 Å². The van der Waals surface area contributed by atoms with Crippen LogP contribution in [-0.2, 0) is 6.42 Å². The molecular formula is C15H18BrN3S. The van der Waals surface area contributed by atoms with Gasteiger partial charge < -0.3 is 5.32 Å². The minimum atomic E-state index is 0.569. The van der Waals surface area contributed by atoms with Gasteiger partial charge in [0, 0.05) is 28.0 Å². The van der Waals surface area contributed by atoms with Gasteiger partial charge in [-0.2, -0.15) is 0 Å². The Labute approximate surface area is 132 Å². The summed E-state index contributed by atoms with van der Waals surface area (Å²) in [7, 11) is 0. The van der Waals surface area contributed by atoms with E-state index in [-0.39, 0.29) is 0 Å². The molecule has 1 unspecified atom stereocenters. The highest BCUT2D eigenvalue weighted by molar-refractivity contribution is 9.10. The van der Waals surface area contributed by atoms with Crippen LogP contribution in [0, 0.1) is 0 Å². The molecule has 0 spiro atoms. The molecule has 0 bridgehead atoms. The Balaban J connectivity index is 1.88. The SMILES string of the molecule is CCNCC1CCCc2sc(-c3ccc(Br)cn3)nc21. The van der Waals surface area contributed by atoms with Crippen molar-refractivity contribution in [2.75, 3.05) is 13.1 Å². The Morgan fingerprint density at radius 2 is 2.35 bits per heavy atom. The normalized spacial score (nSPS) is 18.0. The largest absolute Gasteiger partial charge is 0.316 e. The molecular weight excluding hydrogens is 334 g/mol. The Hall–Kier alpha value is -0.780. The molecule has 0 aromatic carbocycles. The monoisotopic (exact) mass is 351 g/mol. The highest BCUT2D eigenvalue weighted by atomic mass is 79.9. The Morgan fingerprint density at radius 3 is 3.10 bits per heavy atom. The molecule has 2 aromatic heterocycles. The van der Waals surface area contributed by atoms with Crippen molar-refractivity contribution >= 4 is 27.3 Å². The first-order chi connectivity index (χ1) is 9.78. The lowest BCUT2D eigenvalue weighted by Gasteiger charge is -2.21. The van der Waals surface area contributed by atoms with Crippen LogP contribution in [0.2, 0.25) is 0 Å². The zero-order valence-electron chi connectivity index (χ0n) is 11.5. The summed E-state index contributed by atoms with van der Waals surface area (Å²) >= 11 is 5.24. The third-order valence-electron chi connectivity index (χ3n) is 3.66. The average Bonchev–Trinajstić information content (AvgIpc) is 2.90. The second-order valence-corrected chi connectivity index (χ2v) is 7.09. The summed E-state index contributed by atoms with van der Waals surface area (Å²) in [6.45, 7) is 4.22. The standard InChI is InChI=1S/C15H18BrN3S/c1-2-17-8-10-4-3-5-13-14(10)19-15(20-13)12-7-6-11(16)9-18-12/h6-7,9-10,17H,2-5,8H2,1H3. The summed E-state index contributed by atoms with van der Waals surface area (Å²) in [5.74, 6) is 0.569. The summed E-state index contributed by atoms with van der Waals surface area (Å²) in [5.41, 5.74) is 2.29. The number of hydrogen-bond donors (Lipinski definition) is 1. The molecule has 106 valence electrons. The number of rotatable bonds is 4. The van der Waals surface area contributed by atoms with Crippen LogP contribution in [0.25, 0.3) is 10.7 Å². The van der Waals surface area contributed by atoms with E-state index in [9.17, 15) is 0 Å². The van der Waals surface area contributed by atoms with Crippen molar-refractivity contribution in [1.82, 2.24) is 15.3 Å². The van der Waals surface area contributed by atoms with Gasteiger partial charge >= 0.3 is 0 Å². The van der Waals surface area contributed by atoms with Gasteiger partial charge in [-0.25, -0.2) is 4.98 Å². The summed E-state index contributed by atoms with van der Waals surface area (Å²) in [6, 6.07) is 4.06. The van der Waals surface area contributed by atoms with Crippen molar-refractivity contribution in [3.8, 4) is 10.7 Å². The minimum Gasteiger partial charge on any atom is -0.316 e. The van der Waals surface area contributed by atoms with E-state index in [0.29, 0.717) is 5.92 Å². The summed E-state index contributed by atoms with van der Waals surface area (Å²) in [6.07, 6.45) is 5.54. The summed E-state index contributed by atoms with van der Waals surface area (Å²) in [5, 5.41) is 4.52. The maximum Gasteiger partial charge on any atom is 0.142 e. The molecule has 3 rings (SSSR count). The van der Waals surface area contributed by atoms with Gasteiger partial charge in [-0.3, -0.25) is 4.98 Å². The van der Waals surface area contributed by atoms with E-state index >= 15 is 0 Å². The number of thiazole rings is 1. The quantitative estimate of drug-likeness (QED) is 0.904. The minimum absolute atomic E-state index is 0.569. The van der Waals surface area contributed by atoms with Crippen LogP contribution in [0.1, 0.15) is 36.3 Å². The van der Waals surface area contributed by atoms with E-state index in [1.807, 2.05) is 29.7 Å². The molecule has 0 amide bonds. The number of aryl methyl sites for hydroxylation is 1. The summed E-state index contributed by atoms with van der Waals surface area (Å²) in [4.78, 5) is 10.8. The lowest BCUT2D eigenvalue weighted by atomic mass is 9.91. The molecule has 0 aliphatic heterocycles. The fourth-order valence-corrected chi connectivity index (χ4v) is 4.04. The van der Waals surface area contributed by atoms with Crippen LogP contribution >= 0.6 is 27.3 Å². The highest BCUT2D eigenvalue weighted by Crippen LogP contribution is 2.37. The Morgan fingerprint density at radius 1 is 1.45 bits per heavy atom. The zero-order valence-corrected chi connectivity index (χ0v) is 13.9. The average molecular weight is 352 g/mol. The van der Waals surface area contributed by atoms with Gasteiger partial charge in [0.15, 0.2) is 0 Å². The number of nitrogens with one attached hydrogen (secondary N) is 1. The van der Waals surface area contributed by atoms with E-state index in [2.05, 4.69) is 33.2 Å². The van der Waals surface area contributed by atoms with E-state index < -0.39 is 0 Å². The molecule has 0 saturated carbocycles. The van der Waals surface area contributed by atoms with E-state index in [4.69, 9.17) is 4.98 Å². The van der Waals surface area contributed by atoms with Crippen molar-refractivity contribution in [3.05, 3.63) is 33.4 Å². The predicted molar refractivity (Wildman–Crippen MR) is 87.3 cm³/mol.